The van der Waals surface area contributed by atoms with Gasteiger partial charge in [-0.3, -0.25) is 4.79 Å². The molecule has 6 heteroatoms. The van der Waals surface area contributed by atoms with Crippen LogP contribution < -0.4 is 15.5 Å². The molecule has 1 unspecified atom stereocenters. The van der Waals surface area contributed by atoms with Crippen LogP contribution in [0, 0.1) is 11.8 Å². The van der Waals surface area contributed by atoms with E-state index < -0.39 is 11.7 Å². The summed E-state index contributed by atoms with van der Waals surface area (Å²) in [6, 6.07) is 16.6. The number of benzene rings is 2. The van der Waals surface area contributed by atoms with E-state index in [0.29, 0.717) is 12.5 Å². The largest absolute Gasteiger partial charge is 0.444 e. The average molecular weight is 450 g/mol. The van der Waals surface area contributed by atoms with Crippen LogP contribution in [0.25, 0.3) is 0 Å². The summed E-state index contributed by atoms with van der Waals surface area (Å²) >= 11 is 0. The molecule has 2 N–H and O–H groups in total. The van der Waals surface area contributed by atoms with Crippen molar-refractivity contribution in [3.05, 3.63) is 59.7 Å². The quantitative estimate of drug-likeness (QED) is 0.619. The molecule has 176 valence electrons. The molecule has 0 radical (unpaired) electrons. The van der Waals surface area contributed by atoms with Crippen molar-refractivity contribution in [3.8, 4) is 0 Å². The standard InChI is InChI=1S/C27H35N3O3/c1-17-24(22-11-6-7-12-23(22)30(18(2)31)25(17)20-13-14-20)29-21-10-8-9-19(15-21)16-28-26(32)33-27(3,4)5/h6-12,15,17,20,24-25,29H,13-14,16H2,1-5H3,(H,28,32)/t17-,24?,25-/m1/s1. The van der Waals surface area contributed by atoms with E-state index in [1.165, 1.54) is 12.8 Å². The number of nitrogens with zero attached hydrogens (tertiary/aromatic N) is 1. The first-order chi connectivity index (χ1) is 15.6. The molecule has 1 saturated carbocycles. The Bertz CT molecular complexity index is 1030. The molecule has 1 aliphatic carbocycles. The van der Waals surface area contributed by atoms with Crippen molar-refractivity contribution in [2.45, 2.75) is 71.7 Å². The Balaban J connectivity index is 1.54. The molecule has 33 heavy (non-hydrogen) atoms. The molecule has 2 aliphatic rings. The van der Waals surface area contributed by atoms with Crippen LogP contribution in [0.2, 0.25) is 0 Å². The molecule has 1 aliphatic heterocycles. The summed E-state index contributed by atoms with van der Waals surface area (Å²) in [5.41, 5.74) is 3.63. The van der Waals surface area contributed by atoms with Crippen molar-refractivity contribution >= 4 is 23.4 Å². The zero-order valence-electron chi connectivity index (χ0n) is 20.2. The van der Waals surface area contributed by atoms with Crippen LogP contribution in [-0.4, -0.2) is 23.6 Å². The lowest BCUT2D eigenvalue weighted by Gasteiger charge is -2.46. The van der Waals surface area contributed by atoms with Gasteiger partial charge >= 0.3 is 6.09 Å². The number of carbonyl (C=O) groups is 2. The van der Waals surface area contributed by atoms with E-state index in [-0.39, 0.29) is 23.9 Å². The Morgan fingerprint density at radius 3 is 2.48 bits per heavy atom. The Kier molecular flexibility index (Phi) is 6.37. The lowest BCUT2D eigenvalue weighted by molar-refractivity contribution is -0.117. The minimum absolute atomic E-state index is 0.0939. The van der Waals surface area contributed by atoms with Gasteiger partial charge in [-0.2, -0.15) is 0 Å². The molecule has 4 rings (SSSR count). The molecular weight excluding hydrogens is 414 g/mol. The third kappa shape index (κ3) is 5.32. The minimum Gasteiger partial charge on any atom is -0.444 e. The van der Waals surface area contributed by atoms with Gasteiger partial charge in [-0.05, 0) is 68.9 Å². The number of anilines is 2. The van der Waals surface area contributed by atoms with Crippen LogP contribution in [0.5, 0.6) is 0 Å². The number of carbonyl (C=O) groups excluding carboxylic acids is 2. The smallest absolute Gasteiger partial charge is 0.407 e. The van der Waals surface area contributed by atoms with Crippen molar-refractivity contribution in [3.63, 3.8) is 0 Å². The fourth-order valence-corrected chi connectivity index (χ4v) is 4.95. The maximum Gasteiger partial charge on any atom is 0.407 e. The highest BCUT2D eigenvalue weighted by Gasteiger charge is 2.47. The van der Waals surface area contributed by atoms with E-state index in [1.807, 2.05) is 49.9 Å². The molecule has 2 aromatic rings. The summed E-state index contributed by atoms with van der Waals surface area (Å²) in [4.78, 5) is 26.7. The highest BCUT2D eigenvalue weighted by molar-refractivity contribution is 5.94. The maximum atomic E-state index is 12.6. The topological polar surface area (TPSA) is 70.7 Å². The van der Waals surface area contributed by atoms with Crippen LogP contribution in [0.4, 0.5) is 16.2 Å². The van der Waals surface area contributed by atoms with E-state index in [2.05, 4.69) is 41.8 Å². The van der Waals surface area contributed by atoms with Crippen molar-refractivity contribution in [1.82, 2.24) is 5.32 Å². The van der Waals surface area contributed by atoms with Gasteiger partial charge in [0.2, 0.25) is 5.91 Å². The average Bonchev–Trinajstić information content (AvgIpc) is 3.58. The predicted molar refractivity (Wildman–Crippen MR) is 131 cm³/mol. The van der Waals surface area contributed by atoms with Crippen molar-refractivity contribution < 1.29 is 14.3 Å². The fourth-order valence-electron chi connectivity index (χ4n) is 4.95. The van der Waals surface area contributed by atoms with Crippen molar-refractivity contribution in [2.24, 2.45) is 11.8 Å². The van der Waals surface area contributed by atoms with Gasteiger partial charge < -0.3 is 20.3 Å². The number of hydrogen-bond acceptors (Lipinski definition) is 4. The second-order valence-electron chi connectivity index (χ2n) is 10.3. The summed E-state index contributed by atoms with van der Waals surface area (Å²) in [7, 11) is 0. The Morgan fingerprint density at radius 2 is 1.82 bits per heavy atom. The molecule has 1 fully saturated rings. The summed E-state index contributed by atoms with van der Waals surface area (Å²) in [6.07, 6.45) is 1.94. The third-order valence-electron chi connectivity index (χ3n) is 6.42. The molecule has 6 nitrogen and oxygen atoms in total. The Hall–Kier alpha value is -3.02. The molecule has 2 aromatic carbocycles. The second kappa shape index (κ2) is 9.08. The molecule has 1 heterocycles. The monoisotopic (exact) mass is 449 g/mol. The highest BCUT2D eigenvalue weighted by atomic mass is 16.6. The molecule has 2 amide bonds. The third-order valence-corrected chi connectivity index (χ3v) is 6.42. The molecular formula is C27H35N3O3. The van der Waals surface area contributed by atoms with E-state index in [1.54, 1.807) is 6.92 Å². The van der Waals surface area contributed by atoms with E-state index in [0.717, 1.165) is 22.5 Å². The Morgan fingerprint density at radius 1 is 1.09 bits per heavy atom. The number of nitrogens with one attached hydrogen (secondary N) is 2. The van der Waals surface area contributed by atoms with Gasteiger partial charge in [0.25, 0.3) is 0 Å². The van der Waals surface area contributed by atoms with E-state index in [9.17, 15) is 9.59 Å². The number of fused-ring (bicyclic) bond motifs is 1. The predicted octanol–water partition coefficient (Wildman–Crippen LogP) is 5.65. The summed E-state index contributed by atoms with van der Waals surface area (Å²) < 4.78 is 5.34. The molecule has 3 atom stereocenters. The minimum atomic E-state index is -0.524. The van der Waals surface area contributed by atoms with Gasteiger partial charge in [-0.25, -0.2) is 4.79 Å². The van der Waals surface area contributed by atoms with Gasteiger partial charge in [-0.15, -0.1) is 0 Å². The molecule has 0 bridgehead atoms. The van der Waals surface area contributed by atoms with Crippen LogP contribution in [0.1, 0.15) is 64.6 Å². The zero-order chi connectivity index (χ0) is 23.8. The van der Waals surface area contributed by atoms with Gasteiger partial charge in [-0.1, -0.05) is 37.3 Å². The van der Waals surface area contributed by atoms with Gasteiger partial charge in [0, 0.05) is 36.8 Å². The number of hydrogen-bond donors (Lipinski definition) is 2. The van der Waals surface area contributed by atoms with Crippen LogP contribution in [-0.2, 0) is 16.1 Å². The SMILES string of the molecule is CC(=O)N1c2ccccc2C(Nc2cccc(CNC(=O)OC(C)(C)C)c2)[C@@H](C)[C@@H]1C1CC1. The zero-order valence-corrected chi connectivity index (χ0v) is 20.2. The lowest BCUT2D eigenvalue weighted by atomic mass is 9.80. The number of amides is 2. The van der Waals surface area contributed by atoms with Gasteiger partial charge in [0.1, 0.15) is 5.60 Å². The summed E-state index contributed by atoms with van der Waals surface area (Å²) in [5.74, 6) is 0.936. The molecule has 0 saturated heterocycles. The normalized spacial score (nSPS) is 22.3. The van der Waals surface area contributed by atoms with Gasteiger partial charge in [0.15, 0.2) is 0 Å². The highest BCUT2D eigenvalue weighted by Crippen LogP contribution is 2.49. The second-order valence-corrected chi connectivity index (χ2v) is 10.3. The van der Waals surface area contributed by atoms with Gasteiger partial charge in [0.05, 0.1) is 6.04 Å². The first-order valence-corrected chi connectivity index (χ1v) is 11.8. The summed E-state index contributed by atoms with van der Waals surface area (Å²) in [6.45, 7) is 9.87. The number of ether oxygens (including phenoxy) is 1. The maximum absolute atomic E-state index is 12.6. The van der Waals surface area contributed by atoms with Crippen LogP contribution in [0.15, 0.2) is 48.5 Å². The van der Waals surface area contributed by atoms with E-state index in [4.69, 9.17) is 4.74 Å². The van der Waals surface area contributed by atoms with Crippen LogP contribution >= 0.6 is 0 Å². The van der Waals surface area contributed by atoms with Crippen LogP contribution in [0.3, 0.4) is 0 Å². The molecule has 0 aromatic heterocycles. The lowest BCUT2D eigenvalue weighted by Crippen LogP contribution is -2.51. The molecule has 0 spiro atoms. The first-order valence-electron chi connectivity index (χ1n) is 11.8. The van der Waals surface area contributed by atoms with Crippen molar-refractivity contribution in [1.29, 1.82) is 0 Å². The van der Waals surface area contributed by atoms with Crippen molar-refractivity contribution in [2.75, 3.05) is 10.2 Å². The fraction of sp³-hybridized carbons (Fsp3) is 0.481. The number of para-hydroxylation sites is 1. The number of rotatable bonds is 5. The Labute approximate surface area is 196 Å². The summed E-state index contributed by atoms with van der Waals surface area (Å²) in [5, 5.41) is 6.57. The van der Waals surface area contributed by atoms with E-state index >= 15 is 0 Å². The number of alkyl carbamates (subject to hydrolysis) is 1. The first kappa shape index (κ1) is 23.1.